The van der Waals surface area contributed by atoms with Crippen LogP contribution >= 0.6 is 0 Å². The Labute approximate surface area is 176 Å². The number of nitrogens with zero attached hydrogens (tertiary/aromatic N) is 2. The first kappa shape index (κ1) is 20.3. The second-order valence-corrected chi connectivity index (χ2v) is 7.42. The van der Waals surface area contributed by atoms with Gasteiger partial charge in [0.2, 0.25) is 11.7 Å². The van der Waals surface area contributed by atoms with E-state index >= 15 is 0 Å². The van der Waals surface area contributed by atoms with Crippen LogP contribution in [0.15, 0.2) is 71.3 Å². The van der Waals surface area contributed by atoms with Crippen LogP contribution in [0.25, 0.3) is 22.2 Å². The monoisotopic (exact) mass is 401 g/mol. The number of hydrogen-bond donors (Lipinski definition) is 2. The van der Waals surface area contributed by atoms with Gasteiger partial charge in [0, 0.05) is 25.1 Å². The number of benzene rings is 3. The predicted octanol–water partition coefficient (Wildman–Crippen LogP) is 4.54. The maximum atomic E-state index is 9.00. The molecule has 154 valence electrons. The van der Waals surface area contributed by atoms with Gasteiger partial charge in [-0.1, -0.05) is 71.9 Å². The standard InChI is InChI=1S/C25H27N3O2/c29-17-16-26-18-20-14-15-23(22-12-6-5-11-21(20)22)25-27-24(30-28-25)13-7-4-10-19-8-2-1-3-9-19/h1-3,5-6,8-9,11-12,14-15,26,29H,4,7,10,13,16-18H2. The van der Waals surface area contributed by atoms with Crippen molar-refractivity contribution >= 4 is 10.8 Å². The van der Waals surface area contributed by atoms with E-state index in [9.17, 15) is 0 Å². The van der Waals surface area contributed by atoms with Crippen LogP contribution in [0.2, 0.25) is 0 Å². The number of aromatic nitrogens is 2. The minimum Gasteiger partial charge on any atom is -0.395 e. The lowest BCUT2D eigenvalue weighted by Gasteiger charge is -2.10. The van der Waals surface area contributed by atoms with Crippen LogP contribution in [0, 0.1) is 0 Å². The van der Waals surface area contributed by atoms with Gasteiger partial charge in [0.05, 0.1) is 6.61 Å². The Bertz CT molecular complexity index is 1080. The van der Waals surface area contributed by atoms with Crippen LogP contribution in [-0.2, 0) is 19.4 Å². The predicted molar refractivity (Wildman–Crippen MR) is 119 cm³/mol. The maximum absolute atomic E-state index is 9.00. The number of unbranched alkanes of at least 4 members (excludes halogenated alkanes) is 1. The zero-order valence-electron chi connectivity index (χ0n) is 17.1. The van der Waals surface area contributed by atoms with Gasteiger partial charge in [-0.25, -0.2) is 0 Å². The van der Waals surface area contributed by atoms with Crippen LogP contribution in [0.5, 0.6) is 0 Å². The molecule has 1 heterocycles. The first-order valence-corrected chi connectivity index (χ1v) is 10.5. The highest BCUT2D eigenvalue weighted by Crippen LogP contribution is 2.29. The molecular weight excluding hydrogens is 374 g/mol. The topological polar surface area (TPSA) is 71.2 Å². The molecule has 0 aliphatic rings. The van der Waals surface area contributed by atoms with E-state index in [0.29, 0.717) is 24.8 Å². The van der Waals surface area contributed by atoms with Gasteiger partial charge >= 0.3 is 0 Å². The number of hydrogen-bond acceptors (Lipinski definition) is 5. The molecule has 1 aromatic heterocycles. The number of aliphatic hydroxyl groups is 1. The molecule has 5 heteroatoms. The zero-order valence-corrected chi connectivity index (χ0v) is 17.1. The first-order chi connectivity index (χ1) is 14.8. The van der Waals surface area contributed by atoms with Crippen molar-refractivity contribution in [3.05, 3.63) is 83.7 Å². The summed E-state index contributed by atoms with van der Waals surface area (Å²) in [5, 5.41) is 18.8. The second-order valence-electron chi connectivity index (χ2n) is 7.42. The number of aryl methyl sites for hydroxylation is 2. The molecule has 0 aliphatic heterocycles. The molecule has 4 rings (SSSR count). The Balaban J connectivity index is 1.44. The van der Waals surface area contributed by atoms with Gasteiger partial charge in [-0.05, 0) is 41.2 Å². The summed E-state index contributed by atoms with van der Waals surface area (Å²) >= 11 is 0. The summed E-state index contributed by atoms with van der Waals surface area (Å²) < 4.78 is 5.53. The highest BCUT2D eigenvalue weighted by molar-refractivity contribution is 5.97. The Morgan fingerprint density at radius 2 is 1.60 bits per heavy atom. The molecule has 0 radical (unpaired) electrons. The van der Waals surface area contributed by atoms with E-state index in [-0.39, 0.29) is 6.61 Å². The van der Waals surface area contributed by atoms with Crippen LogP contribution in [0.1, 0.15) is 29.9 Å². The summed E-state index contributed by atoms with van der Waals surface area (Å²) in [6.45, 7) is 1.42. The Hall–Kier alpha value is -3.02. The quantitative estimate of drug-likeness (QED) is 0.382. The lowest BCUT2D eigenvalue weighted by atomic mass is 9.99. The molecule has 2 N–H and O–H groups in total. The molecule has 0 aliphatic carbocycles. The Morgan fingerprint density at radius 3 is 2.43 bits per heavy atom. The molecule has 0 amide bonds. The fourth-order valence-electron chi connectivity index (χ4n) is 3.73. The van der Waals surface area contributed by atoms with Gasteiger partial charge < -0.3 is 14.9 Å². The van der Waals surface area contributed by atoms with Crippen LogP contribution in [0.3, 0.4) is 0 Å². The van der Waals surface area contributed by atoms with Crippen molar-refractivity contribution in [1.29, 1.82) is 0 Å². The van der Waals surface area contributed by atoms with Crippen molar-refractivity contribution in [2.45, 2.75) is 32.2 Å². The fourth-order valence-corrected chi connectivity index (χ4v) is 3.73. The molecular formula is C25H27N3O2. The van der Waals surface area contributed by atoms with Crippen LogP contribution < -0.4 is 5.32 Å². The van der Waals surface area contributed by atoms with E-state index in [1.165, 1.54) is 11.1 Å². The van der Waals surface area contributed by atoms with E-state index in [1.807, 2.05) is 18.2 Å². The molecule has 3 aromatic carbocycles. The van der Waals surface area contributed by atoms with E-state index in [0.717, 1.165) is 42.0 Å². The van der Waals surface area contributed by atoms with Gasteiger partial charge in [0.1, 0.15) is 0 Å². The number of rotatable bonds is 10. The number of fused-ring (bicyclic) bond motifs is 1. The van der Waals surface area contributed by atoms with Crippen molar-refractivity contribution in [1.82, 2.24) is 15.5 Å². The minimum atomic E-state index is 0.132. The summed E-state index contributed by atoms with van der Waals surface area (Å²) in [6, 6.07) is 23.0. The molecule has 0 unspecified atom stereocenters. The van der Waals surface area contributed by atoms with Gasteiger partial charge in [0.15, 0.2) is 0 Å². The molecule has 0 spiro atoms. The third kappa shape index (κ3) is 4.93. The van der Waals surface area contributed by atoms with Gasteiger partial charge in [-0.3, -0.25) is 0 Å². The van der Waals surface area contributed by atoms with Crippen molar-refractivity contribution in [2.75, 3.05) is 13.2 Å². The third-order valence-electron chi connectivity index (χ3n) is 5.28. The van der Waals surface area contributed by atoms with Gasteiger partial charge in [0.25, 0.3) is 0 Å². The fraction of sp³-hybridized carbons (Fsp3) is 0.280. The number of aliphatic hydroxyl groups excluding tert-OH is 1. The summed E-state index contributed by atoms with van der Waals surface area (Å²) in [5.41, 5.74) is 3.53. The SMILES string of the molecule is OCCNCc1ccc(-c2noc(CCCCc3ccccc3)n2)c2ccccc12. The first-order valence-electron chi connectivity index (χ1n) is 10.5. The van der Waals surface area contributed by atoms with Crippen LogP contribution in [0.4, 0.5) is 0 Å². The van der Waals surface area contributed by atoms with Crippen molar-refractivity contribution in [2.24, 2.45) is 0 Å². The molecule has 0 bridgehead atoms. The average Bonchev–Trinajstić information content (AvgIpc) is 3.26. The van der Waals surface area contributed by atoms with Gasteiger partial charge in [-0.2, -0.15) is 4.98 Å². The van der Waals surface area contributed by atoms with Gasteiger partial charge in [-0.15, -0.1) is 0 Å². The smallest absolute Gasteiger partial charge is 0.226 e. The Morgan fingerprint density at radius 1 is 0.833 bits per heavy atom. The zero-order chi connectivity index (χ0) is 20.6. The summed E-state index contributed by atoms with van der Waals surface area (Å²) in [4.78, 5) is 4.65. The van der Waals surface area contributed by atoms with Crippen LogP contribution in [-0.4, -0.2) is 28.4 Å². The van der Waals surface area contributed by atoms with Crippen molar-refractivity contribution < 1.29 is 9.63 Å². The molecule has 0 saturated heterocycles. The average molecular weight is 402 g/mol. The maximum Gasteiger partial charge on any atom is 0.226 e. The highest BCUT2D eigenvalue weighted by atomic mass is 16.5. The second kappa shape index (κ2) is 10.1. The third-order valence-corrected chi connectivity index (χ3v) is 5.28. The summed E-state index contributed by atoms with van der Waals surface area (Å²) in [6.07, 6.45) is 3.98. The van der Waals surface area contributed by atoms with Crippen molar-refractivity contribution in [3.63, 3.8) is 0 Å². The minimum absolute atomic E-state index is 0.132. The summed E-state index contributed by atoms with van der Waals surface area (Å²) in [7, 11) is 0. The normalized spacial score (nSPS) is 11.2. The van der Waals surface area contributed by atoms with Crippen molar-refractivity contribution in [3.8, 4) is 11.4 Å². The molecule has 5 nitrogen and oxygen atoms in total. The highest BCUT2D eigenvalue weighted by Gasteiger charge is 2.13. The van der Waals surface area contributed by atoms with E-state index < -0.39 is 0 Å². The molecule has 0 fully saturated rings. The molecule has 0 saturated carbocycles. The van der Waals surface area contributed by atoms with E-state index in [4.69, 9.17) is 9.63 Å². The molecule has 0 atom stereocenters. The Kier molecular flexibility index (Phi) is 6.85. The molecule has 4 aromatic rings. The van der Waals surface area contributed by atoms with E-state index in [1.54, 1.807) is 0 Å². The van der Waals surface area contributed by atoms with E-state index in [2.05, 4.69) is 64.0 Å². The largest absolute Gasteiger partial charge is 0.395 e. The lowest BCUT2D eigenvalue weighted by Crippen LogP contribution is -2.17. The lowest BCUT2D eigenvalue weighted by molar-refractivity contribution is 0.292. The summed E-state index contributed by atoms with van der Waals surface area (Å²) in [5.74, 6) is 1.33. The molecule has 30 heavy (non-hydrogen) atoms. The number of nitrogens with one attached hydrogen (secondary N) is 1.